The number of carboxylic acids is 1. The number of ether oxygens (including phenoxy) is 1. The molecular formula is C28H41N5O8. The van der Waals surface area contributed by atoms with Gasteiger partial charge in [-0.25, -0.2) is 9.59 Å². The molecule has 0 bridgehead atoms. The molecule has 2 rings (SSSR count). The minimum Gasteiger partial charge on any atom is -0.480 e. The number of alkyl carbamates (subject to hydrolysis) is 1. The van der Waals surface area contributed by atoms with Gasteiger partial charge in [-0.3, -0.25) is 19.2 Å². The van der Waals surface area contributed by atoms with Crippen LogP contribution in [0.2, 0.25) is 0 Å². The van der Waals surface area contributed by atoms with Gasteiger partial charge in [-0.15, -0.1) is 0 Å². The zero-order valence-electron chi connectivity index (χ0n) is 24.2. The van der Waals surface area contributed by atoms with Gasteiger partial charge in [0.2, 0.25) is 17.7 Å². The third-order valence-electron chi connectivity index (χ3n) is 6.12. The number of rotatable bonds is 12. The summed E-state index contributed by atoms with van der Waals surface area (Å²) in [7, 11) is 0. The smallest absolute Gasteiger partial charge is 0.408 e. The minimum atomic E-state index is -1.46. The van der Waals surface area contributed by atoms with Crippen molar-refractivity contribution in [2.24, 2.45) is 5.92 Å². The first-order valence-electron chi connectivity index (χ1n) is 13.6. The molecule has 41 heavy (non-hydrogen) atoms. The number of nitrogens with one attached hydrogen (secondary N) is 4. The SMILES string of the molecule is CC(C)C[C@H](NC(=O)[C@@H]1CCCN1C(=O)CNC(=O)c1ccccc1)C(=O)NC[C@H](NC(=O)OC(C)(C)C)C(=O)O. The highest BCUT2D eigenvalue weighted by Gasteiger charge is 2.36. The molecule has 13 nitrogen and oxygen atoms in total. The van der Waals surface area contributed by atoms with Gasteiger partial charge in [0.25, 0.3) is 5.91 Å². The maximum Gasteiger partial charge on any atom is 0.408 e. The lowest BCUT2D eigenvalue weighted by Gasteiger charge is -2.27. The van der Waals surface area contributed by atoms with E-state index >= 15 is 0 Å². The van der Waals surface area contributed by atoms with Crippen molar-refractivity contribution in [1.82, 2.24) is 26.2 Å². The predicted molar refractivity (Wildman–Crippen MR) is 149 cm³/mol. The van der Waals surface area contributed by atoms with Crippen molar-refractivity contribution in [3.05, 3.63) is 35.9 Å². The molecule has 0 aliphatic carbocycles. The molecule has 0 spiro atoms. The Morgan fingerprint density at radius 2 is 1.66 bits per heavy atom. The number of benzene rings is 1. The molecule has 5 amide bonds. The molecule has 1 aliphatic rings. The standard InChI is InChI=1S/C28H41N5O8/c1-17(2)14-19(24(36)29-15-20(26(38)39)32-27(40)41-28(3,4)5)31-25(37)21-12-9-13-33(21)22(34)16-30-23(35)18-10-7-6-8-11-18/h6-8,10-11,17,19-21H,9,12-16H2,1-5H3,(H,29,36)(H,30,35)(H,31,37)(H,32,40)(H,38,39)/t19-,20-,21-/m0/s1. The summed E-state index contributed by atoms with van der Waals surface area (Å²) in [6.07, 6.45) is 0.273. The average Bonchev–Trinajstić information content (AvgIpc) is 3.38. The van der Waals surface area contributed by atoms with Gasteiger partial charge in [0, 0.05) is 18.7 Å². The van der Waals surface area contributed by atoms with Crippen LogP contribution in [0.4, 0.5) is 4.79 Å². The zero-order valence-corrected chi connectivity index (χ0v) is 24.2. The van der Waals surface area contributed by atoms with Crippen molar-refractivity contribution in [3.8, 4) is 0 Å². The summed E-state index contributed by atoms with van der Waals surface area (Å²) in [6, 6.07) is 5.15. The maximum atomic E-state index is 13.2. The van der Waals surface area contributed by atoms with E-state index in [2.05, 4.69) is 21.3 Å². The van der Waals surface area contributed by atoms with Crippen LogP contribution in [0.25, 0.3) is 0 Å². The highest BCUT2D eigenvalue weighted by Crippen LogP contribution is 2.18. The van der Waals surface area contributed by atoms with Crippen LogP contribution in [0.15, 0.2) is 30.3 Å². The topological polar surface area (TPSA) is 183 Å². The second-order valence-electron chi connectivity index (χ2n) is 11.3. The van der Waals surface area contributed by atoms with Crippen LogP contribution in [-0.2, 0) is 23.9 Å². The van der Waals surface area contributed by atoms with Crippen molar-refractivity contribution in [2.75, 3.05) is 19.6 Å². The molecule has 13 heteroatoms. The van der Waals surface area contributed by atoms with Gasteiger partial charge >= 0.3 is 12.1 Å². The van der Waals surface area contributed by atoms with E-state index in [0.29, 0.717) is 24.9 Å². The van der Waals surface area contributed by atoms with E-state index < -0.39 is 66.0 Å². The molecule has 0 saturated carbocycles. The number of hydrogen-bond donors (Lipinski definition) is 5. The Hall–Kier alpha value is -4.16. The van der Waals surface area contributed by atoms with Gasteiger partial charge in [-0.05, 0) is 58.1 Å². The van der Waals surface area contributed by atoms with E-state index in [-0.39, 0.29) is 18.9 Å². The molecule has 1 saturated heterocycles. The Morgan fingerprint density at radius 3 is 2.24 bits per heavy atom. The van der Waals surface area contributed by atoms with Crippen molar-refractivity contribution in [1.29, 1.82) is 0 Å². The summed E-state index contributed by atoms with van der Waals surface area (Å²) >= 11 is 0. The fraction of sp³-hybridized carbons (Fsp3) is 0.571. The molecule has 1 aromatic rings. The van der Waals surface area contributed by atoms with Gasteiger partial charge in [-0.1, -0.05) is 32.0 Å². The van der Waals surface area contributed by atoms with Crippen LogP contribution in [0.5, 0.6) is 0 Å². The van der Waals surface area contributed by atoms with E-state index in [4.69, 9.17) is 4.74 Å². The van der Waals surface area contributed by atoms with Crippen LogP contribution >= 0.6 is 0 Å². The van der Waals surface area contributed by atoms with Crippen molar-refractivity contribution < 1.29 is 38.6 Å². The Balaban J connectivity index is 1.99. The Kier molecular flexibility index (Phi) is 12.1. The zero-order chi connectivity index (χ0) is 30.7. The fourth-order valence-electron chi connectivity index (χ4n) is 4.23. The lowest BCUT2D eigenvalue weighted by molar-refractivity contribution is -0.140. The number of carboxylic acid groups (broad SMARTS) is 1. The Bertz CT molecular complexity index is 1100. The van der Waals surface area contributed by atoms with Crippen LogP contribution < -0.4 is 21.3 Å². The van der Waals surface area contributed by atoms with E-state index in [1.165, 1.54) is 4.90 Å². The van der Waals surface area contributed by atoms with E-state index in [1.54, 1.807) is 51.1 Å². The number of nitrogens with zero attached hydrogens (tertiary/aromatic N) is 1. The fourth-order valence-corrected chi connectivity index (χ4v) is 4.23. The summed E-state index contributed by atoms with van der Waals surface area (Å²) in [5.41, 5.74) is -0.434. The van der Waals surface area contributed by atoms with Crippen molar-refractivity contribution >= 4 is 35.7 Å². The number of aliphatic carboxylic acids is 1. The molecule has 1 fully saturated rings. The average molecular weight is 576 g/mol. The van der Waals surface area contributed by atoms with Gasteiger partial charge in [0.1, 0.15) is 23.7 Å². The first kappa shape index (κ1) is 33.0. The van der Waals surface area contributed by atoms with E-state index in [1.807, 2.05) is 13.8 Å². The Morgan fingerprint density at radius 1 is 1.00 bits per heavy atom. The summed E-state index contributed by atoms with van der Waals surface area (Å²) < 4.78 is 5.08. The van der Waals surface area contributed by atoms with Crippen LogP contribution in [0.3, 0.4) is 0 Å². The summed E-state index contributed by atoms with van der Waals surface area (Å²) in [4.78, 5) is 76.4. The maximum absolute atomic E-state index is 13.2. The largest absolute Gasteiger partial charge is 0.480 e. The quantitative estimate of drug-likeness (QED) is 0.245. The molecule has 5 N–H and O–H groups in total. The number of amides is 5. The molecule has 226 valence electrons. The second kappa shape index (κ2) is 15.0. The molecular weight excluding hydrogens is 534 g/mol. The number of carbonyl (C=O) groups is 6. The van der Waals surface area contributed by atoms with E-state index in [9.17, 15) is 33.9 Å². The summed E-state index contributed by atoms with van der Waals surface area (Å²) in [5.74, 6) is -3.36. The van der Waals surface area contributed by atoms with Gasteiger partial charge in [0.15, 0.2) is 0 Å². The first-order valence-corrected chi connectivity index (χ1v) is 13.6. The molecule has 0 unspecified atom stereocenters. The summed E-state index contributed by atoms with van der Waals surface area (Å²) in [6.45, 7) is 8.21. The third-order valence-corrected chi connectivity index (χ3v) is 6.12. The monoisotopic (exact) mass is 575 g/mol. The second-order valence-corrected chi connectivity index (χ2v) is 11.3. The third kappa shape index (κ3) is 11.1. The Labute approximate surface area is 239 Å². The lowest BCUT2D eigenvalue weighted by Crippen LogP contribution is -2.56. The number of hydrogen-bond acceptors (Lipinski definition) is 7. The lowest BCUT2D eigenvalue weighted by atomic mass is 10.0. The number of likely N-dealkylation sites (tertiary alicyclic amines) is 1. The van der Waals surface area contributed by atoms with Crippen LogP contribution in [-0.4, -0.2) is 89.1 Å². The van der Waals surface area contributed by atoms with E-state index in [0.717, 1.165) is 0 Å². The molecule has 0 aromatic heterocycles. The van der Waals surface area contributed by atoms with Gasteiger partial charge < -0.3 is 36.0 Å². The van der Waals surface area contributed by atoms with Crippen LogP contribution in [0.1, 0.15) is 64.2 Å². The van der Waals surface area contributed by atoms with Gasteiger partial charge in [-0.2, -0.15) is 0 Å². The normalized spacial score (nSPS) is 16.3. The minimum absolute atomic E-state index is 0.00396. The molecule has 3 atom stereocenters. The molecule has 1 aromatic carbocycles. The molecule has 1 aliphatic heterocycles. The summed E-state index contributed by atoms with van der Waals surface area (Å²) in [5, 5.41) is 19.4. The molecule has 0 radical (unpaired) electrons. The highest BCUT2D eigenvalue weighted by atomic mass is 16.6. The predicted octanol–water partition coefficient (Wildman–Crippen LogP) is 1.03. The first-order chi connectivity index (χ1) is 19.2. The highest BCUT2D eigenvalue weighted by molar-refractivity contribution is 5.97. The number of carbonyl (C=O) groups excluding carboxylic acids is 5. The molecule has 1 heterocycles. The van der Waals surface area contributed by atoms with Crippen molar-refractivity contribution in [2.45, 2.75) is 77.6 Å². The van der Waals surface area contributed by atoms with Gasteiger partial charge in [0.05, 0.1) is 6.54 Å². The van der Waals surface area contributed by atoms with Crippen LogP contribution in [0, 0.1) is 5.92 Å². The van der Waals surface area contributed by atoms with Crippen molar-refractivity contribution in [3.63, 3.8) is 0 Å².